The molecule has 90 valence electrons. The van der Waals surface area contributed by atoms with Gasteiger partial charge < -0.3 is 16.0 Å². The minimum Gasteiger partial charge on any atom is -0.352 e. The standard InChI is InChI=1S/C11H19N3O2/c1-14(7-9(15)13-8-3-4-8)10(16)11(12)5-2-6-11/h8H,2-7,12H2,1H3,(H,13,15). The van der Waals surface area contributed by atoms with Crippen molar-refractivity contribution in [3.05, 3.63) is 0 Å². The third kappa shape index (κ3) is 2.35. The Labute approximate surface area is 95.3 Å². The molecule has 0 aromatic rings. The highest BCUT2D eigenvalue weighted by Crippen LogP contribution is 2.30. The maximum absolute atomic E-state index is 11.9. The molecule has 0 radical (unpaired) electrons. The van der Waals surface area contributed by atoms with E-state index >= 15 is 0 Å². The van der Waals surface area contributed by atoms with Gasteiger partial charge in [-0.2, -0.15) is 0 Å². The molecule has 2 rings (SSSR count). The summed E-state index contributed by atoms with van der Waals surface area (Å²) in [5.41, 5.74) is 5.21. The summed E-state index contributed by atoms with van der Waals surface area (Å²) in [6.45, 7) is 0.119. The Morgan fingerprint density at radius 1 is 1.44 bits per heavy atom. The molecule has 0 heterocycles. The normalized spacial score (nSPS) is 22.1. The van der Waals surface area contributed by atoms with Crippen LogP contribution < -0.4 is 11.1 Å². The lowest BCUT2D eigenvalue weighted by atomic mass is 9.76. The molecule has 0 saturated heterocycles. The van der Waals surface area contributed by atoms with E-state index in [0.29, 0.717) is 6.04 Å². The highest BCUT2D eigenvalue weighted by molar-refractivity contribution is 5.90. The van der Waals surface area contributed by atoms with E-state index < -0.39 is 5.54 Å². The lowest BCUT2D eigenvalue weighted by molar-refractivity contribution is -0.141. The molecule has 2 fully saturated rings. The number of amides is 2. The minimum atomic E-state index is -0.700. The zero-order valence-electron chi connectivity index (χ0n) is 9.66. The second-order valence-electron chi connectivity index (χ2n) is 5.01. The lowest BCUT2D eigenvalue weighted by Crippen LogP contribution is -2.59. The van der Waals surface area contributed by atoms with Crippen molar-refractivity contribution in [2.75, 3.05) is 13.6 Å². The second kappa shape index (κ2) is 4.05. The molecule has 2 aliphatic rings. The van der Waals surface area contributed by atoms with Gasteiger partial charge in [0.15, 0.2) is 0 Å². The molecule has 0 spiro atoms. The quantitative estimate of drug-likeness (QED) is 0.684. The molecular weight excluding hydrogens is 206 g/mol. The van der Waals surface area contributed by atoms with Crippen molar-refractivity contribution in [1.82, 2.24) is 10.2 Å². The topological polar surface area (TPSA) is 75.4 Å². The Balaban J connectivity index is 1.79. The van der Waals surface area contributed by atoms with E-state index in [0.717, 1.165) is 32.1 Å². The molecule has 0 aromatic carbocycles. The summed E-state index contributed by atoms with van der Waals surface area (Å²) in [6.07, 6.45) is 4.60. The monoisotopic (exact) mass is 225 g/mol. The van der Waals surface area contributed by atoms with Gasteiger partial charge in [0.1, 0.15) is 0 Å². The average molecular weight is 225 g/mol. The van der Waals surface area contributed by atoms with Crippen LogP contribution in [0.5, 0.6) is 0 Å². The van der Waals surface area contributed by atoms with Crippen LogP contribution in [0.25, 0.3) is 0 Å². The predicted molar refractivity (Wildman–Crippen MR) is 59.6 cm³/mol. The van der Waals surface area contributed by atoms with E-state index in [1.54, 1.807) is 7.05 Å². The molecule has 0 aliphatic heterocycles. The number of nitrogens with zero attached hydrogens (tertiary/aromatic N) is 1. The largest absolute Gasteiger partial charge is 0.352 e. The third-order valence-corrected chi connectivity index (χ3v) is 3.34. The van der Waals surface area contributed by atoms with Gasteiger partial charge in [-0.25, -0.2) is 0 Å². The highest BCUT2D eigenvalue weighted by atomic mass is 16.2. The average Bonchev–Trinajstić information content (AvgIpc) is 2.96. The van der Waals surface area contributed by atoms with Gasteiger partial charge >= 0.3 is 0 Å². The molecule has 5 heteroatoms. The molecule has 0 atom stereocenters. The van der Waals surface area contributed by atoms with Crippen molar-refractivity contribution < 1.29 is 9.59 Å². The second-order valence-corrected chi connectivity index (χ2v) is 5.01. The van der Waals surface area contributed by atoms with Crippen molar-refractivity contribution in [1.29, 1.82) is 0 Å². The van der Waals surface area contributed by atoms with Crippen LogP contribution in [0.1, 0.15) is 32.1 Å². The van der Waals surface area contributed by atoms with Crippen molar-refractivity contribution in [3.63, 3.8) is 0 Å². The number of carbonyl (C=O) groups excluding carboxylic acids is 2. The Morgan fingerprint density at radius 2 is 2.06 bits per heavy atom. The fraction of sp³-hybridized carbons (Fsp3) is 0.818. The number of likely N-dealkylation sites (N-methyl/N-ethyl adjacent to an activating group) is 1. The van der Waals surface area contributed by atoms with Crippen LogP contribution in [-0.4, -0.2) is 41.9 Å². The van der Waals surface area contributed by atoms with Crippen LogP contribution in [0.15, 0.2) is 0 Å². The van der Waals surface area contributed by atoms with Crippen molar-refractivity contribution in [3.8, 4) is 0 Å². The first-order valence-corrected chi connectivity index (χ1v) is 5.85. The number of nitrogens with two attached hydrogens (primary N) is 1. The zero-order valence-corrected chi connectivity index (χ0v) is 9.66. The van der Waals surface area contributed by atoms with Gasteiger partial charge in [-0.15, -0.1) is 0 Å². The first kappa shape index (κ1) is 11.4. The van der Waals surface area contributed by atoms with Crippen molar-refractivity contribution in [2.45, 2.75) is 43.7 Å². The number of hydrogen-bond acceptors (Lipinski definition) is 3. The van der Waals surface area contributed by atoms with Crippen LogP contribution in [-0.2, 0) is 9.59 Å². The fourth-order valence-electron chi connectivity index (χ4n) is 1.94. The summed E-state index contributed by atoms with van der Waals surface area (Å²) in [6, 6.07) is 0.339. The fourth-order valence-corrected chi connectivity index (χ4v) is 1.94. The zero-order chi connectivity index (χ0) is 11.8. The molecule has 2 amide bonds. The minimum absolute atomic E-state index is 0.0822. The van der Waals surface area contributed by atoms with E-state index in [1.807, 2.05) is 0 Å². The molecule has 3 N–H and O–H groups in total. The SMILES string of the molecule is CN(CC(=O)NC1CC1)C(=O)C1(N)CCC1. The van der Waals surface area contributed by atoms with E-state index in [9.17, 15) is 9.59 Å². The summed E-state index contributed by atoms with van der Waals surface area (Å²) < 4.78 is 0. The van der Waals surface area contributed by atoms with E-state index in [-0.39, 0.29) is 18.4 Å². The summed E-state index contributed by atoms with van der Waals surface area (Å²) in [7, 11) is 1.64. The van der Waals surface area contributed by atoms with Gasteiger partial charge in [0.25, 0.3) is 0 Å². The van der Waals surface area contributed by atoms with Gasteiger partial charge in [-0.05, 0) is 32.1 Å². The van der Waals surface area contributed by atoms with Crippen molar-refractivity contribution in [2.24, 2.45) is 5.73 Å². The molecular formula is C11H19N3O2. The Kier molecular flexibility index (Phi) is 2.88. The van der Waals surface area contributed by atoms with Gasteiger partial charge in [0.05, 0.1) is 12.1 Å². The van der Waals surface area contributed by atoms with Crippen LogP contribution in [0.4, 0.5) is 0 Å². The van der Waals surface area contributed by atoms with E-state index in [2.05, 4.69) is 5.32 Å². The number of nitrogens with one attached hydrogen (secondary N) is 1. The summed E-state index contributed by atoms with van der Waals surface area (Å²) in [5, 5.41) is 2.85. The van der Waals surface area contributed by atoms with Crippen LogP contribution in [0.2, 0.25) is 0 Å². The molecule has 16 heavy (non-hydrogen) atoms. The van der Waals surface area contributed by atoms with E-state index in [1.165, 1.54) is 4.90 Å². The maximum Gasteiger partial charge on any atom is 0.242 e. The Morgan fingerprint density at radius 3 is 2.50 bits per heavy atom. The third-order valence-electron chi connectivity index (χ3n) is 3.34. The van der Waals surface area contributed by atoms with Crippen LogP contribution in [0.3, 0.4) is 0 Å². The van der Waals surface area contributed by atoms with E-state index in [4.69, 9.17) is 5.73 Å². The smallest absolute Gasteiger partial charge is 0.242 e. The molecule has 2 saturated carbocycles. The first-order valence-electron chi connectivity index (χ1n) is 5.85. The van der Waals surface area contributed by atoms with Gasteiger partial charge in [0.2, 0.25) is 11.8 Å². The summed E-state index contributed by atoms with van der Waals surface area (Å²) in [5.74, 6) is -0.189. The summed E-state index contributed by atoms with van der Waals surface area (Å²) in [4.78, 5) is 24.8. The summed E-state index contributed by atoms with van der Waals surface area (Å²) >= 11 is 0. The highest BCUT2D eigenvalue weighted by Gasteiger charge is 2.42. The van der Waals surface area contributed by atoms with Gasteiger partial charge in [-0.3, -0.25) is 9.59 Å². The Bertz CT molecular complexity index is 308. The van der Waals surface area contributed by atoms with Crippen molar-refractivity contribution >= 4 is 11.8 Å². The number of hydrogen-bond donors (Lipinski definition) is 2. The van der Waals surface area contributed by atoms with Crippen LogP contribution in [0, 0.1) is 0 Å². The van der Waals surface area contributed by atoms with Gasteiger partial charge in [0, 0.05) is 13.1 Å². The molecule has 0 bridgehead atoms. The molecule has 2 aliphatic carbocycles. The lowest BCUT2D eigenvalue weighted by Gasteiger charge is -2.39. The number of rotatable bonds is 4. The Hall–Kier alpha value is -1.10. The molecule has 0 aromatic heterocycles. The van der Waals surface area contributed by atoms with Gasteiger partial charge in [-0.1, -0.05) is 0 Å². The molecule has 5 nitrogen and oxygen atoms in total. The first-order chi connectivity index (χ1) is 7.51. The predicted octanol–water partition coefficient (Wildman–Crippen LogP) is -0.395. The van der Waals surface area contributed by atoms with Crippen LogP contribution >= 0.6 is 0 Å². The number of carbonyl (C=O) groups is 2. The molecule has 0 unspecified atom stereocenters. The maximum atomic E-state index is 11.9.